The highest BCUT2D eigenvalue weighted by Crippen LogP contribution is 2.34. The highest BCUT2D eigenvalue weighted by molar-refractivity contribution is 5.94. The van der Waals surface area contributed by atoms with E-state index in [1.54, 1.807) is 26.5 Å². The van der Waals surface area contributed by atoms with Crippen molar-refractivity contribution < 1.29 is 14.3 Å². The number of carbonyl (C=O) groups excluding carboxylic acids is 1. The van der Waals surface area contributed by atoms with E-state index in [0.717, 1.165) is 43.2 Å². The number of hydrogen-bond donors (Lipinski definition) is 1. The van der Waals surface area contributed by atoms with E-state index >= 15 is 0 Å². The van der Waals surface area contributed by atoms with Gasteiger partial charge in [0.1, 0.15) is 5.82 Å². The summed E-state index contributed by atoms with van der Waals surface area (Å²) in [6.45, 7) is 6.55. The zero-order valence-corrected chi connectivity index (χ0v) is 17.1. The molecule has 0 aliphatic carbocycles. The van der Waals surface area contributed by atoms with Gasteiger partial charge in [-0.15, -0.1) is 0 Å². The minimum absolute atomic E-state index is 0.0480. The lowest BCUT2D eigenvalue weighted by molar-refractivity contribution is 0.0952. The molecule has 0 atom stereocenters. The molecule has 6 heteroatoms. The minimum Gasteiger partial charge on any atom is -0.493 e. The maximum Gasteiger partial charge on any atom is 0.251 e. The number of nitrogens with zero attached hydrogens (tertiary/aromatic N) is 2. The molecular weight excluding hydrogens is 354 g/mol. The lowest BCUT2D eigenvalue weighted by atomic mass is 9.98. The fraction of sp³-hybridized carbons (Fsp3) is 0.455. The van der Waals surface area contributed by atoms with E-state index in [9.17, 15) is 4.79 Å². The monoisotopic (exact) mass is 383 g/mol. The summed E-state index contributed by atoms with van der Waals surface area (Å²) < 4.78 is 10.8. The van der Waals surface area contributed by atoms with Gasteiger partial charge in [0.25, 0.3) is 5.91 Å². The number of fused-ring (bicyclic) bond motifs is 1. The van der Waals surface area contributed by atoms with Crippen LogP contribution in [0.15, 0.2) is 30.5 Å². The number of carbonyl (C=O) groups is 1. The molecular formula is C22H29N3O3. The van der Waals surface area contributed by atoms with E-state index in [4.69, 9.17) is 9.47 Å². The summed E-state index contributed by atoms with van der Waals surface area (Å²) in [7, 11) is 3.30. The summed E-state index contributed by atoms with van der Waals surface area (Å²) in [6, 6.07) is 7.72. The Morgan fingerprint density at radius 1 is 1.18 bits per heavy atom. The predicted octanol–water partition coefficient (Wildman–Crippen LogP) is 3.44. The molecule has 6 nitrogen and oxygen atoms in total. The number of amides is 1. The first-order chi connectivity index (χ1) is 13.5. The molecule has 0 saturated carbocycles. The SMILES string of the molecule is COc1cc2c(cc1OC)CN(c1cc(C(=O)NCCC(C)C)ccn1)CC2. The Hall–Kier alpha value is -2.76. The number of ether oxygens (including phenoxy) is 2. The Morgan fingerprint density at radius 2 is 1.89 bits per heavy atom. The van der Waals surface area contributed by atoms with E-state index in [1.807, 2.05) is 12.1 Å². The van der Waals surface area contributed by atoms with Crippen LogP contribution in [0.5, 0.6) is 11.5 Å². The van der Waals surface area contributed by atoms with Crippen molar-refractivity contribution in [1.29, 1.82) is 0 Å². The fourth-order valence-corrected chi connectivity index (χ4v) is 3.39. The number of benzene rings is 1. The van der Waals surface area contributed by atoms with Crippen LogP contribution < -0.4 is 19.7 Å². The van der Waals surface area contributed by atoms with Crippen LogP contribution in [0.2, 0.25) is 0 Å². The van der Waals surface area contributed by atoms with Crippen LogP contribution >= 0.6 is 0 Å². The lowest BCUT2D eigenvalue weighted by Crippen LogP contribution is -2.31. The predicted molar refractivity (Wildman–Crippen MR) is 110 cm³/mol. The van der Waals surface area contributed by atoms with Crippen LogP contribution in [-0.2, 0) is 13.0 Å². The van der Waals surface area contributed by atoms with Crippen molar-refractivity contribution in [2.45, 2.75) is 33.2 Å². The van der Waals surface area contributed by atoms with Gasteiger partial charge >= 0.3 is 0 Å². The summed E-state index contributed by atoms with van der Waals surface area (Å²) in [4.78, 5) is 19.1. The second-order valence-electron chi connectivity index (χ2n) is 7.49. The van der Waals surface area contributed by atoms with Crippen molar-refractivity contribution >= 4 is 11.7 Å². The Labute approximate surface area is 166 Å². The largest absolute Gasteiger partial charge is 0.493 e. The molecule has 28 heavy (non-hydrogen) atoms. The average Bonchev–Trinajstić information content (AvgIpc) is 2.72. The van der Waals surface area contributed by atoms with Crippen LogP contribution in [-0.4, -0.2) is 38.2 Å². The number of aromatic nitrogens is 1. The second-order valence-corrected chi connectivity index (χ2v) is 7.49. The molecule has 2 heterocycles. The smallest absolute Gasteiger partial charge is 0.251 e. The van der Waals surface area contributed by atoms with Crippen molar-refractivity contribution in [2.24, 2.45) is 5.92 Å². The third kappa shape index (κ3) is 4.55. The van der Waals surface area contributed by atoms with Gasteiger partial charge in [-0.25, -0.2) is 4.98 Å². The topological polar surface area (TPSA) is 63.7 Å². The van der Waals surface area contributed by atoms with Crippen molar-refractivity contribution in [3.63, 3.8) is 0 Å². The Balaban J connectivity index is 1.74. The van der Waals surface area contributed by atoms with Crippen LogP contribution in [0.3, 0.4) is 0 Å². The lowest BCUT2D eigenvalue weighted by Gasteiger charge is -2.30. The van der Waals surface area contributed by atoms with Crippen LogP contribution in [0.1, 0.15) is 41.8 Å². The summed E-state index contributed by atoms with van der Waals surface area (Å²) >= 11 is 0. The van der Waals surface area contributed by atoms with Gasteiger partial charge in [0, 0.05) is 31.4 Å². The highest BCUT2D eigenvalue weighted by Gasteiger charge is 2.21. The van der Waals surface area contributed by atoms with Gasteiger partial charge in [-0.3, -0.25) is 4.79 Å². The van der Waals surface area contributed by atoms with Crippen molar-refractivity contribution in [2.75, 3.05) is 32.2 Å². The summed E-state index contributed by atoms with van der Waals surface area (Å²) in [6.07, 6.45) is 3.57. The molecule has 150 valence electrons. The molecule has 1 N–H and O–H groups in total. The van der Waals surface area contributed by atoms with Gasteiger partial charge in [-0.1, -0.05) is 13.8 Å². The Kier molecular flexibility index (Phi) is 6.39. The Bertz CT molecular complexity index is 836. The van der Waals surface area contributed by atoms with Crippen LogP contribution in [0, 0.1) is 5.92 Å². The van der Waals surface area contributed by atoms with Gasteiger partial charge in [0.05, 0.1) is 14.2 Å². The molecule has 3 rings (SSSR count). The van der Waals surface area contributed by atoms with E-state index in [0.29, 0.717) is 18.0 Å². The fourth-order valence-electron chi connectivity index (χ4n) is 3.39. The molecule has 2 aromatic rings. The van der Waals surface area contributed by atoms with Gasteiger partial charge in [-0.2, -0.15) is 0 Å². The maximum atomic E-state index is 12.4. The van der Waals surface area contributed by atoms with E-state index in [-0.39, 0.29) is 5.91 Å². The molecule has 0 spiro atoms. The van der Waals surface area contributed by atoms with E-state index in [2.05, 4.69) is 35.1 Å². The van der Waals surface area contributed by atoms with Crippen molar-refractivity contribution in [1.82, 2.24) is 10.3 Å². The third-order valence-corrected chi connectivity index (χ3v) is 5.06. The highest BCUT2D eigenvalue weighted by atomic mass is 16.5. The van der Waals surface area contributed by atoms with Crippen molar-refractivity contribution in [3.8, 4) is 11.5 Å². The molecule has 1 aromatic carbocycles. The number of pyridine rings is 1. The van der Waals surface area contributed by atoms with Gasteiger partial charge in [0.15, 0.2) is 11.5 Å². The molecule has 0 fully saturated rings. The normalized spacial score (nSPS) is 13.2. The average molecular weight is 383 g/mol. The van der Waals surface area contributed by atoms with Gasteiger partial charge < -0.3 is 19.7 Å². The third-order valence-electron chi connectivity index (χ3n) is 5.06. The zero-order valence-electron chi connectivity index (χ0n) is 17.1. The first-order valence-electron chi connectivity index (χ1n) is 9.74. The van der Waals surface area contributed by atoms with Crippen LogP contribution in [0.25, 0.3) is 0 Å². The zero-order chi connectivity index (χ0) is 20.1. The van der Waals surface area contributed by atoms with E-state index < -0.39 is 0 Å². The standard InChI is InChI=1S/C22H29N3O3/c1-15(2)5-8-24-22(26)17-6-9-23-21(13-17)25-10-7-16-11-19(27-3)20(28-4)12-18(16)14-25/h6,9,11-13,15H,5,7-8,10,14H2,1-4H3,(H,24,26). The summed E-state index contributed by atoms with van der Waals surface area (Å²) in [5.41, 5.74) is 3.10. The summed E-state index contributed by atoms with van der Waals surface area (Å²) in [5.74, 6) is 2.82. The van der Waals surface area contributed by atoms with Crippen LogP contribution in [0.4, 0.5) is 5.82 Å². The molecule has 0 radical (unpaired) electrons. The molecule has 1 amide bonds. The second kappa shape index (κ2) is 8.95. The molecule has 1 aliphatic heterocycles. The first-order valence-corrected chi connectivity index (χ1v) is 9.74. The van der Waals surface area contributed by atoms with Gasteiger partial charge in [0.2, 0.25) is 0 Å². The van der Waals surface area contributed by atoms with Crippen molar-refractivity contribution in [3.05, 3.63) is 47.2 Å². The number of anilines is 1. The Morgan fingerprint density at radius 3 is 2.57 bits per heavy atom. The molecule has 0 bridgehead atoms. The maximum absolute atomic E-state index is 12.4. The summed E-state index contributed by atoms with van der Waals surface area (Å²) in [5, 5.41) is 2.99. The molecule has 0 unspecified atom stereocenters. The number of hydrogen-bond acceptors (Lipinski definition) is 5. The quantitative estimate of drug-likeness (QED) is 0.794. The molecule has 1 aromatic heterocycles. The van der Waals surface area contributed by atoms with E-state index in [1.165, 1.54) is 11.1 Å². The number of methoxy groups -OCH3 is 2. The number of rotatable bonds is 7. The molecule has 0 saturated heterocycles. The number of nitrogens with one attached hydrogen (secondary N) is 1. The minimum atomic E-state index is -0.0480. The first kappa shape index (κ1) is 20.0. The van der Waals surface area contributed by atoms with Gasteiger partial charge in [-0.05, 0) is 54.2 Å². The molecule has 1 aliphatic rings.